The monoisotopic (exact) mass is 368 g/mol. The Hall–Kier alpha value is -2.38. The van der Waals surface area contributed by atoms with Crippen LogP contribution in [0.2, 0.25) is 0 Å². The Morgan fingerprint density at radius 1 is 1.15 bits per heavy atom. The lowest BCUT2D eigenvalue weighted by Crippen LogP contribution is -2.41. The van der Waals surface area contributed by atoms with Crippen LogP contribution in [0.1, 0.15) is 43.7 Å². The van der Waals surface area contributed by atoms with Gasteiger partial charge in [-0.05, 0) is 39.3 Å². The van der Waals surface area contributed by atoms with Crippen molar-refractivity contribution < 1.29 is 18.8 Å². The Balaban J connectivity index is 1.88. The van der Waals surface area contributed by atoms with Crippen LogP contribution in [0.3, 0.4) is 0 Å². The second-order valence-electron chi connectivity index (χ2n) is 7.58. The zero-order valence-electron chi connectivity index (χ0n) is 16.4. The van der Waals surface area contributed by atoms with Gasteiger partial charge in [-0.2, -0.15) is 0 Å². The molecule has 1 saturated heterocycles. The average molecular weight is 368 g/mol. The molecule has 2 aromatic rings. The molecule has 27 heavy (non-hydrogen) atoms. The van der Waals surface area contributed by atoms with Gasteiger partial charge in [0.1, 0.15) is 0 Å². The highest BCUT2D eigenvalue weighted by molar-refractivity contribution is 6.62. The first-order valence-electron chi connectivity index (χ1n) is 8.95. The number of hydrogen-bond donors (Lipinski definition) is 1. The topological polar surface area (TPSA) is 69.7 Å². The molecule has 0 aliphatic carbocycles. The largest absolute Gasteiger partial charge is 0.496 e. The van der Waals surface area contributed by atoms with Crippen LogP contribution in [0.25, 0.3) is 0 Å². The summed E-state index contributed by atoms with van der Waals surface area (Å²) in [5, 5.41) is 3.28. The zero-order valence-corrected chi connectivity index (χ0v) is 16.4. The summed E-state index contributed by atoms with van der Waals surface area (Å²) < 4.78 is 17.0. The van der Waals surface area contributed by atoms with Crippen LogP contribution in [0.5, 0.6) is 0 Å². The number of nitrogens with zero attached hydrogens (tertiary/aromatic N) is 1. The summed E-state index contributed by atoms with van der Waals surface area (Å²) in [6, 6.07) is 11.8. The first-order chi connectivity index (χ1) is 12.7. The molecule has 1 aromatic heterocycles. The van der Waals surface area contributed by atoms with Gasteiger partial charge in [0.25, 0.3) is 0 Å². The van der Waals surface area contributed by atoms with Crippen LogP contribution in [-0.2, 0) is 20.6 Å². The van der Waals surface area contributed by atoms with Crippen molar-refractivity contribution in [3.05, 3.63) is 53.9 Å². The molecule has 1 fully saturated rings. The summed E-state index contributed by atoms with van der Waals surface area (Å²) in [5.74, 6) is -0.494. The minimum absolute atomic E-state index is 0.230. The molecule has 1 aromatic carbocycles. The number of esters is 1. The van der Waals surface area contributed by atoms with E-state index in [4.69, 9.17) is 14.0 Å². The number of methoxy groups -OCH3 is 1. The number of pyridine rings is 1. The van der Waals surface area contributed by atoms with Gasteiger partial charge in [-0.25, -0.2) is 9.78 Å². The van der Waals surface area contributed by atoms with Crippen molar-refractivity contribution in [2.75, 3.05) is 12.4 Å². The highest BCUT2D eigenvalue weighted by Gasteiger charge is 2.52. The lowest BCUT2D eigenvalue weighted by atomic mass is 9.80. The van der Waals surface area contributed by atoms with E-state index in [0.29, 0.717) is 12.2 Å². The van der Waals surface area contributed by atoms with Crippen molar-refractivity contribution in [3.63, 3.8) is 0 Å². The summed E-state index contributed by atoms with van der Waals surface area (Å²) in [5.41, 5.74) is 1.75. The highest BCUT2D eigenvalue weighted by atomic mass is 16.7. The van der Waals surface area contributed by atoms with Crippen LogP contribution < -0.4 is 10.8 Å². The highest BCUT2D eigenvalue weighted by Crippen LogP contribution is 2.36. The molecular formula is C20H25BN2O4. The van der Waals surface area contributed by atoms with E-state index in [2.05, 4.69) is 10.3 Å². The fraction of sp³-hybridized carbons (Fsp3) is 0.400. The molecule has 7 heteroatoms. The molecule has 142 valence electrons. The van der Waals surface area contributed by atoms with Crippen molar-refractivity contribution in [1.82, 2.24) is 4.98 Å². The first kappa shape index (κ1) is 19.4. The summed E-state index contributed by atoms with van der Waals surface area (Å²) >= 11 is 0. The lowest BCUT2D eigenvalue weighted by molar-refractivity contribution is 0.00578. The average Bonchev–Trinajstić information content (AvgIpc) is 2.87. The summed E-state index contributed by atoms with van der Waals surface area (Å²) in [7, 11) is 0.791. The fourth-order valence-electron chi connectivity index (χ4n) is 2.78. The molecule has 0 radical (unpaired) electrons. The van der Waals surface area contributed by atoms with Gasteiger partial charge >= 0.3 is 13.1 Å². The molecule has 1 aliphatic rings. The number of carbonyl (C=O) groups excluding carboxylic acids is 1. The Bertz CT molecular complexity index is 808. The molecule has 0 bridgehead atoms. The van der Waals surface area contributed by atoms with Crippen LogP contribution >= 0.6 is 0 Å². The van der Waals surface area contributed by atoms with E-state index < -0.39 is 24.3 Å². The second-order valence-corrected chi connectivity index (χ2v) is 7.58. The van der Waals surface area contributed by atoms with Crippen LogP contribution in [0.15, 0.2) is 42.6 Å². The van der Waals surface area contributed by atoms with Gasteiger partial charge < -0.3 is 19.4 Å². The Morgan fingerprint density at radius 2 is 1.78 bits per heavy atom. The number of rotatable bonds is 5. The summed E-state index contributed by atoms with van der Waals surface area (Å²) in [6.45, 7) is 8.55. The number of anilines is 1. The van der Waals surface area contributed by atoms with Gasteiger partial charge in [0, 0.05) is 18.2 Å². The molecule has 1 aliphatic heterocycles. The number of benzene rings is 1. The number of carbonyl (C=O) groups is 1. The van der Waals surface area contributed by atoms with E-state index in [1.807, 2.05) is 64.1 Å². The minimum Gasteiger partial charge on any atom is -0.464 e. The van der Waals surface area contributed by atoms with Crippen LogP contribution in [0, 0.1) is 0 Å². The normalized spacial score (nSPS) is 17.6. The zero-order chi connectivity index (χ0) is 19.7. The number of nitrogens with one attached hydrogen (secondary N) is 1. The van der Waals surface area contributed by atoms with E-state index in [-0.39, 0.29) is 5.69 Å². The van der Waals surface area contributed by atoms with Crippen LogP contribution in [-0.4, -0.2) is 36.4 Å². The van der Waals surface area contributed by atoms with Crippen molar-refractivity contribution in [2.24, 2.45) is 0 Å². The van der Waals surface area contributed by atoms with Gasteiger partial charge in [0.05, 0.1) is 24.0 Å². The molecule has 0 spiro atoms. The third kappa shape index (κ3) is 3.99. The van der Waals surface area contributed by atoms with Crippen molar-refractivity contribution in [3.8, 4) is 0 Å². The maximum atomic E-state index is 12.1. The van der Waals surface area contributed by atoms with Crippen molar-refractivity contribution >= 4 is 24.2 Å². The number of hydrogen-bond acceptors (Lipinski definition) is 6. The molecular weight excluding hydrogens is 343 g/mol. The number of ether oxygens (including phenoxy) is 1. The summed E-state index contributed by atoms with van der Waals surface area (Å²) in [4.78, 5) is 16.4. The SMILES string of the molecule is COC(=O)c1ncc(B2OC(C)(C)C(C)(C)O2)cc1NCc1ccccc1. The van der Waals surface area contributed by atoms with Crippen molar-refractivity contribution in [2.45, 2.75) is 45.4 Å². The Labute approximate surface area is 160 Å². The molecule has 3 rings (SSSR count). The number of aromatic nitrogens is 1. The third-order valence-electron chi connectivity index (χ3n) is 5.14. The lowest BCUT2D eigenvalue weighted by Gasteiger charge is -2.32. The van der Waals surface area contributed by atoms with Gasteiger partial charge in [0.2, 0.25) is 0 Å². The predicted octanol–water partition coefficient (Wildman–Crippen LogP) is 2.78. The Kier molecular flexibility index (Phi) is 5.26. The molecule has 0 unspecified atom stereocenters. The fourth-order valence-corrected chi connectivity index (χ4v) is 2.78. The Morgan fingerprint density at radius 3 is 2.37 bits per heavy atom. The summed E-state index contributed by atoms with van der Waals surface area (Å²) in [6.07, 6.45) is 1.60. The van der Waals surface area contributed by atoms with E-state index in [9.17, 15) is 4.79 Å². The molecule has 0 amide bonds. The van der Waals surface area contributed by atoms with Gasteiger partial charge in [0.15, 0.2) is 5.69 Å². The van der Waals surface area contributed by atoms with E-state index in [1.165, 1.54) is 7.11 Å². The third-order valence-corrected chi connectivity index (χ3v) is 5.14. The van der Waals surface area contributed by atoms with Crippen molar-refractivity contribution in [1.29, 1.82) is 0 Å². The van der Waals surface area contributed by atoms with Gasteiger partial charge in [-0.1, -0.05) is 30.3 Å². The quantitative estimate of drug-likeness (QED) is 0.647. The predicted molar refractivity (Wildman–Crippen MR) is 105 cm³/mol. The van der Waals surface area contributed by atoms with Crippen LogP contribution in [0.4, 0.5) is 5.69 Å². The first-order valence-corrected chi connectivity index (χ1v) is 8.95. The van der Waals surface area contributed by atoms with E-state index in [0.717, 1.165) is 11.0 Å². The maximum absolute atomic E-state index is 12.1. The van der Waals surface area contributed by atoms with E-state index in [1.54, 1.807) is 6.20 Å². The molecule has 0 saturated carbocycles. The second kappa shape index (κ2) is 7.33. The standard InChI is InChI=1S/C20H25BN2O4/c1-19(2)20(3,4)27-21(26-19)15-11-16(17(23-13-15)18(24)25-5)22-12-14-9-7-6-8-10-14/h6-11,13,22H,12H2,1-5H3. The molecule has 6 nitrogen and oxygen atoms in total. The molecule has 0 atom stereocenters. The van der Waals surface area contributed by atoms with Gasteiger partial charge in [-0.15, -0.1) is 0 Å². The smallest absolute Gasteiger partial charge is 0.464 e. The minimum atomic E-state index is -0.550. The van der Waals surface area contributed by atoms with E-state index >= 15 is 0 Å². The maximum Gasteiger partial charge on any atom is 0.496 e. The van der Waals surface area contributed by atoms with Gasteiger partial charge in [-0.3, -0.25) is 0 Å². The molecule has 1 N–H and O–H groups in total. The molecule has 2 heterocycles.